The van der Waals surface area contributed by atoms with Crippen LogP contribution in [0, 0.1) is 0 Å². The third-order valence-electron chi connectivity index (χ3n) is 4.78. The first-order chi connectivity index (χ1) is 13.4. The smallest absolute Gasteiger partial charge is 0.416 e. The minimum Gasteiger partial charge on any atom is -0.472 e. The molecule has 28 heavy (non-hydrogen) atoms. The van der Waals surface area contributed by atoms with Crippen LogP contribution >= 0.6 is 11.3 Å². The minimum absolute atomic E-state index is 0.184. The number of benzene rings is 1. The highest BCUT2D eigenvalue weighted by Gasteiger charge is 2.32. The van der Waals surface area contributed by atoms with E-state index >= 15 is 0 Å². The van der Waals surface area contributed by atoms with Crippen LogP contribution in [0.1, 0.15) is 38.0 Å². The zero-order valence-electron chi connectivity index (χ0n) is 14.6. The van der Waals surface area contributed by atoms with E-state index in [1.807, 2.05) is 16.3 Å². The number of carbonyl (C=O) groups is 1. The van der Waals surface area contributed by atoms with E-state index in [2.05, 4.69) is 0 Å². The van der Waals surface area contributed by atoms with Crippen LogP contribution in [-0.4, -0.2) is 17.2 Å². The fraction of sp³-hybridized carbons (Fsp3) is 0.190. The molecule has 0 radical (unpaired) electrons. The lowest BCUT2D eigenvalue weighted by Crippen LogP contribution is -2.31. The molecule has 3 nitrogen and oxygen atoms in total. The predicted molar refractivity (Wildman–Crippen MR) is 100 cm³/mol. The molecule has 7 heteroatoms. The van der Waals surface area contributed by atoms with Gasteiger partial charge in [-0.3, -0.25) is 4.79 Å². The van der Waals surface area contributed by atoms with Gasteiger partial charge in [0.05, 0.1) is 23.4 Å². The molecule has 0 amide bonds. The Labute approximate surface area is 163 Å². The molecule has 0 spiro atoms. The molecular weight excluding hydrogens is 387 g/mol. The molecule has 0 bridgehead atoms. The van der Waals surface area contributed by atoms with Gasteiger partial charge in [-0.15, -0.1) is 11.3 Å². The van der Waals surface area contributed by atoms with E-state index < -0.39 is 11.7 Å². The highest BCUT2D eigenvalue weighted by molar-refractivity contribution is 7.10. The van der Waals surface area contributed by atoms with E-state index in [1.54, 1.807) is 23.6 Å². The van der Waals surface area contributed by atoms with Gasteiger partial charge in [-0.2, -0.15) is 13.2 Å². The number of alkyl halides is 3. The molecule has 0 saturated carbocycles. The van der Waals surface area contributed by atoms with Gasteiger partial charge < -0.3 is 9.32 Å². The summed E-state index contributed by atoms with van der Waals surface area (Å²) >= 11 is 1.65. The average molecular weight is 403 g/mol. The average Bonchev–Trinajstić information content (AvgIpc) is 3.36. The molecule has 0 aliphatic carbocycles. The number of ketones is 1. The number of hydrogen-bond donors (Lipinski definition) is 0. The summed E-state index contributed by atoms with van der Waals surface area (Å²) in [5, 5.41) is 1.99. The summed E-state index contributed by atoms with van der Waals surface area (Å²) in [4.78, 5) is 15.5. The van der Waals surface area contributed by atoms with Crippen LogP contribution < -0.4 is 0 Å². The third-order valence-corrected chi connectivity index (χ3v) is 5.78. The number of furan rings is 1. The van der Waals surface area contributed by atoms with E-state index in [4.69, 9.17) is 4.42 Å². The van der Waals surface area contributed by atoms with E-state index in [0.717, 1.165) is 29.7 Å². The maximum Gasteiger partial charge on any atom is 0.416 e. The summed E-state index contributed by atoms with van der Waals surface area (Å²) in [5.41, 5.74) is 1.61. The van der Waals surface area contributed by atoms with E-state index in [1.165, 1.54) is 35.6 Å². The van der Waals surface area contributed by atoms with Crippen molar-refractivity contribution < 1.29 is 22.4 Å². The van der Waals surface area contributed by atoms with Crippen molar-refractivity contribution >= 4 is 17.1 Å². The Morgan fingerprint density at radius 2 is 1.96 bits per heavy atom. The number of fused-ring (bicyclic) bond motifs is 1. The zero-order valence-corrected chi connectivity index (χ0v) is 15.5. The van der Waals surface area contributed by atoms with Crippen LogP contribution in [0.3, 0.4) is 0 Å². The predicted octanol–water partition coefficient (Wildman–Crippen LogP) is 5.70. The number of nitrogens with zero attached hydrogens (tertiary/aromatic N) is 1. The van der Waals surface area contributed by atoms with Crippen molar-refractivity contribution in [3.05, 3.63) is 93.7 Å². The Balaban J connectivity index is 1.65. The second-order valence-electron chi connectivity index (χ2n) is 6.50. The van der Waals surface area contributed by atoms with Gasteiger partial charge >= 0.3 is 6.18 Å². The quantitative estimate of drug-likeness (QED) is 0.414. The number of halogens is 3. The molecular formula is C21H16F3NO2S. The molecule has 1 aliphatic rings. The van der Waals surface area contributed by atoms with Gasteiger partial charge in [0, 0.05) is 23.7 Å². The SMILES string of the molecule is O=C(C=CN1CCc2sccc2C1c1ccc(C(F)(F)F)cc1)c1ccoc1. The van der Waals surface area contributed by atoms with Gasteiger partial charge in [-0.05, 0) is 47.2 Å². The Kier molecular flexibility index (Phi) is 4.85. The van der Waals surface area contributed by atoms with Gasteiger partial charge in [-0.1, -0.05) is 12.1 Å². The van der Waals surface area contributed by atoms with Crippen LogP contribution in [0.2, 0.25) is 0 Å². The molecule has 4 rings (SSSR count). The summed E-state index contributed by atoms with van der Waals surface area (Å²) in [7, 11) is 0. The fourth-order valence-corrected chi connectivity index (χ4v) is 4.29. The molecule has 1 atom stereocenters. The summed E-state index contributed by atoms with van der Waals surface area (Å²) in [6.45, 7) is 0.675. The van der Waals surface area contributed by atoms with Gasteiger partial charge in [-0.25, -0.2) is 0 Å². The van der Waals surface area contributed by atoms with E-state index in [9.17, 15) is 18.0 Å². The normalized spacial score (nSPS) is 17.1. The van der Waals surface area contributed by atoms with Crippen molar-refractivity contribution in [3.8, 4) is 0 Å². The van der Waals surface area contributed by atoms with Crippen molar-refractivity contribution in [2.45, 2.75) is 18.6 Å². The number of thiophene rings is 1. The first-order valence-electron chi connectivity index (χ1n) is 8.67. The van der Waals surface area contributed by atoms with Crippen LogP contribution in [-0.2, 0) is 12.6 Å². The summed E-state index contributed by atoms with van der Waals surface area (Å²) in [6.07, 6.45) is 2.47. The van der Waals surface area contributed by atoms with Crippen molar-refractivity contribution in [2.24, 2.45) is 0 Å². The topological polar surface area (TPSA) is 33.5 Å². The lowest BCUT2D eigenvalue weighted by Gasteiger charge is -2.35. The highest BCUT2D eigenvalue weighted by atomic mass is 32.1. The number of allylic oxidation sites excluding steroid dienone is 1. The lowest BCUT2D eigenvalue weighted by atomic mass is 9.93. The van der Waals surface area contributed by atoms with Gasteiger partial charge in [0.15, 0.2) is 5.78 Å². The van der Waals surface area contributed by atoms with Crippen molar-refractivity contribution in [2.75, 3.05) is 6.54 Å². The first-order valence-corrected chi connectivity index (χ1v) is 9.55. The molecule has 3 aromatic rings. The van der Waals surface area contributed by atoms with Crippen molar-refractivity contribution in [1.82, 2.24) is 4.90 Å². The lowest BCUT2D eigenvalue weighted by molar-refractivity contribution is -0.137. The van der Waals surface area contributed by atoms with Crippen LogP contribution in [0.25, 0.3) is 0 Å². The monoisotopic (exact) mass is 403 g/mol. The Morgan fingerprint density at radius 1 is 1.18 bits per heavy atom. The maximum absolute atomic E-state index is 12.9. The van der Waals surface area contributed by atoms with Crippen molar-refractivity contribution in [3.63, 3.8) is 0 Å². The van der Waals surface area contributed by atoms with E-state index in [0.29, 0.717) is 12.1 Å². The number of hydrogen-bond acceptors (Lipinski definition) is 4. The van der Waals surface area contributed by atoms with Gasteiger partial charge in [0.1, 0.15) is 6.26 Å². The van der Waals surface area contributed by atoms with E-state index in [-0.39, 0.29) is 11.8 Å². The fourth-order valence-electron chi connectivity index (χ4n) is 3.39. The van der Waals surface area contributed by atoms with Crippen LogP contribution in [0.5, 0.6) is 0 Å². The summed E-state index contributed by atoms with van der Waals surface area (Å²) in [6, 6.07) is 8.60. The molecule has 0 saturated heterocycles. The standard InChI is InChI=1S/C21H16F3NO2S/c22-21(23,24)16-3-1-14(2-4-16)20-17-8-12-28-19(17)6-10-25(20)9-5-18(26)15-7-11-27-13-15/h1-5,7-9,11-13,20H,6,10H2. The Morgan fingerprint density at radius 3 is 2.64 bits per heavy atom. The molecule has 0 N–H and O–H groups in total. The molecule has 1 unspecified atom stereocenters. The van der Waals surface area contributed by atoms with Gasteiger partial charge in [0.2, 0.25) is 0 Å². The molecule has 1 aliphatic heterocycles. The molecule has 2 aromatic heterocycles. The van der Waals surface area contributed by atoms with Crippen molar-refractivity contribution in [1.29, 1.82) is 0 Å². The van der Waals surface area contributed by atoms with Crippen LogP contribution in [0.15, 0.2) is 71.0 Å². The Hall–Kier alpha value is -2.80. The first kappa shape index (κ1) is 18.6. The maximum atomic E-state index is 12.9. The molecule has 0 fully saturated rings. The largest absolute Gasteiger partial charge is 0.472 e. The number of carbonyl (C=O) groups excluding carboxylic acids is 1. The second-order valence-corrected chi connectivity index (χ2v) is 7.50. The Bertz CT molecular complexity index is 988. The summed E-state index contributed by atoms with van der Waals surface area (Å²) in [5.74, 6) is -0.184. The third kappa shape index (κ3) is 3.62. The van der Waals surface area contributed by atoms with Crippen LogP contribution in [0.4, 0.5) is 13.2 Å². The highest BCUT2D eigenvalue weighted by Crippen LogP contribution is 2.39. The molecule has 3 heterocycles. The van der Waals surface area contributed by atoms with Gasteiger partial charge in [0.25, 0.3) is 0 Å². The molecule has 144 valence electrons. The summed E-state index contributed by atoms with van der Waals surface area (Å²) < 4.78 is 43.7. The second kappa shape index (κ2) is 7.31. The molecule has 1 aromatic carbocycles. The minimum atomic E-state index is -4.37. The zero-order chi connectivity index (χ0) is 19.7. The number of rotatable bonds is 4.